The number of aryl methyl sites for hydroxylation is 3. The molecular formula is C23H25NO2. The van der Waals surface area contributed by atoms with E-state index in [4.69, 9.17) is 9.72 Å². The van der Waals surface area contributed by atoms with Gasteiger partial charge in [-0.3, -0.25) is 0 Å². The molecule has 0 unspecified atom stereocenters. The van der Waals surface area contributed by atoms with Crippen molar-refractivity contribution < 1.29 is 9.53 Å². The highest BCUT2D eigenvalue weighted by molar-refractivity contribution is 6.07. The van der Waals surface area contributed by atoms with Crippen LogP contribution in [0.5, 0.6) is 0 Å². The van der Waals surface area contributed by atoms with Crippen molar-refractivity contribution in [3.63, 3.8) is 0 Å². The Bertz CT molecular complexity index is 986. The molecule has 0 saturated carbocycles. The lowest BCUT2D eigenvalue weighted by atomic mass is 9.95. The van der Waals surface area contributed by atoms with Crippen LogP contribution >= 0.6 is 0 Å². The molecule has 1 heterocycles. The van der Waals surface area contributed by atoms with Gasteiger partial charge in [-0.25, -0.2) is 9.78 Å². The molecule has 0 N–H and O–H groups in total. The molecule has 0 aliphatic carbocycles. The van der Waals surface area contributed by atoms with Crippen LogP contribution < -0.4 is 0 Å². The summed E-state index contributed by atoms with van der Waals surface area (Å²) in [5, 5.41) is 0.863. The van der Waals surface area contributed by atoms with E-state index >= 15 is 0 Å². The molecule has 0 saturated heterocycles. The average Bonchev–Trinajstić information content (AvgIpc) is 2.54. The third-order valence-corrected chi connectivity index (χ3v) is 4.54. The summed E-state index contributed by atoms with van der Waals surface area (Å²) in [6, 6.07) is 12.4. The van der Waals surface area contributed by atoms with Crippen LogP contribution in [0.3, 0.4) is 0 Å². The van der Waals surface area contributed by atoms with Gasteiger partial charge in [-0.2, -0.15) is 0 Å². The van der Waals surface area contributed by atoms with Gasteiger partial charge >= 0.3 is 5.97 Å². The quantitative estimate of drug-likeness (QED) is 0.570. The van der Waals surface area contributed by atoms with Gasteiger partial charge < -0.3 is 4.74 Å². The van der Waals surface area contributed by atoms with E-state index in [9.17, 15) is 4.79 Å². The fourth-order valence-electron chi connectivity index (χ4n) is 3.34. The molecule has 26 heavy (non-hydrogen) atoms. The minimum atomic E-state index is -0.289. The van der Waals surface area contributed by atoms with Crippen molar-refractivity contribution in [1.29, 1.82) is 0 Å². The Balaban J connectivity index is 2.35. The number of ether oxygens (including phenoxy) is 1. The monoisotopic (exact) mass is 347 g/mol. The second-order valence-corrected chi connectivity index (χ2v) is 7.26. The van der Waals surface area contributed by atoms with Crippen molar-refractivity contribution in [1.82, 2.24) is 4.98 Å². The maximum Gasteiger partial charge on any atom is 0.339 e. The Morgan fingerprint density at radius 2 is 1.62 bits per heavy atom. The van der Waals surface area contributed by atoms with Crippen molar-refractivity contribution in [2.24, 2.45) is 0 Å². The summed E-state index contributed by atoms with van der Waals surface area (Å²) >= 11 is 0. The molecular weight excluding hydrogens is 322 g/mol. The van der Waals surface area contributed by atoms with Crippen molar-refractivity contribution >= 4 is 16.9 Å². The number of fused-ring (bicyclic) bond motifs is 1. The van der Waals surface area contributed by atoms with E-state index in [0.717, 1.165) is 38.9 Å². The Morgan fingerprint density at radius 1 is 0.962 bits per heavy atom. The second-order valence-electron chi connectivity index (χ2n) is 7.26. The number of pyridine rings is 1. The number of esters is 1. The normalized spacial score (nSPS) is 11.2. The predicted octanol–water partition coefficient (Wildman–Crippen LogP) is 5.70. The lowest BCUT2D eigenvalue weighted by Crippen LogP contribution is -2.14. The minimum absolute atomic E-state index is 0.168. The zero-order valence-corrected chi connectivity index (χ0v) is 16.3. The molecule has 3 aromatic rings. The fourth-order valence-corrected chi connectivity index (χ4v) is 3.34. The summed E-state index contributed by atoms with van der Waals surface area (Å²) in [5.41, 5.74) is 7.53. The van der Waals surface area contributed by atoms with Gasteiger partial charge in [-0.05, 0) is 58.7 Å². The van der Waals surface area contributed by atoms with Gasteiger partial charge in [0, 0.05) is 10.9 Å². The zero-order chi connectivity index (χ0) is 19.0. The lowest BCUT2D eigenvalue weighted by molar-refractivity contribution is 0.0379. The van der Waals surface area contributed by atoms with Gasteiger partial charge in [-0.15, -0.1) is 0 Å². The first-order chi connectivity index (χ1) is 12.3. The van der Waals surface area contributed by atoms with Crippen molar-refractivity contribution in [3.8, 4) is 11.3 Å². The number of benzene rings is 2. The highest BCUT2D eigenvalue weighted by atomic mass is 16.5. The van der Waals surface area contributed by atoms with Gasteiger partial charge in [-0.1, -0.05) is 41.5 Å². The number of rotatable bonds is 3. The van der Waals surface area contributed by atoms with Crippen LogP contribution in [-0.2, 0) is 4.74 Å². The number of carbonyl (C=O) groups is 1. The van der Waals surface area contributed by atoms with Crippen LogP contribution in [0.1, 0.15) is 46.5 Å². The van der Waals surface area contributed by atoms with E-state index < -0.39 is 0 Å². The molecule has 3 nitrogen and oxygen atoms in total. The third kappa shape index (κ3) is 3.34. The number of hydrogen-bond acceptors (Lipinski definition) is 3. The molecule has 134 valence electrons. The standard InChI is InChI=1S/C23H25NO2/c1-13(2)26-23(25)20-17(6)22(18-9-7-14(3)8-10-18)24-21-16(5)11-15(4)12-19(20)21/h7-13H,1-6H3. The molecule has 0 fully saturated rings. The summed E-state index contributed by atoms with van der Waals surface area (Å²) < 4.78 is 5.55. The third-order valence-electron chi connectivity index (χ3n) is 4.54. The van der Waals surface area contributed by atoms with Gasteiger partial charge in [0.25, 0.3) is 0 Å². The van der Waals surface area contributed by atoms with Crippen LogP contribution in [0.4, 0.5) is 0 Å². The van der Waals surface area contributed by atoms with Gasteiger partial charge in [0.05, 0.1) is 22.9 Å². The van der Waals surface area contributed by atoms with Crippen LogP contribution in [0.2, 0.25) is 0 Å². The number of carbonyl (C=O) groups excluding carboxylic acids is 1. The molecule has 1 aromatic heterocycles. The van der Waals surface area contributed by atoms with E-state index in [1.54, 1.807) is 0 Å². The summed E-state index contributed by atoms with van der Waals surface area (Å²) in [6.45, 7) is 11.8. The Morgan fingerprint density at radius 3 is 2.23 bits per heavy atom. The summed E-state index contributed by atoms with van der Waals surface area (Å²) in [6.07, 6.45) is -0.168. The molecule has 2 aromatic carbocycles. The van der Waals surface area contributed by atoms with Crippen molar-refractivity contribution in [2.75, 3.05) is 0 Å². The smallest absolute Gasteiger partial charge is 0.339 e. The molecule has 0 atom stereocenters. The van der Waals surface area contributed by atoms with Gasteiger partial charge in [0.1, 0.15) is 0 Å². The average molecular weight is 347 g/mol. The maximum absolute atomic E-state index is 12.9. The first kappa shape index (κ1) is 18.1. The fraction of sp³-hybridized carbons (Fsp3) is 0.304. The molecule has 0 radical (unpaired) electrons. The summed E-state index contributed by atoms with van der Waals surface area (Å²) in [5.74, 6) is -0.289. The molecule has 3 heteroatoms. The Hall–Kier alpha value is -2.68. The Kier molecular flexibility index (Phi) is 4.82. The number of nitrogens with zero attached hydrogens (tertiary/aromatic N) is 1. The van der Waals surface area contributed by atoms with Gasteiger partial charge in [0.2, 0.25) is 0 Å². The van der Waals surface area contributed by atoms with Crippen LogP contribution in [0.15, 0.2) is 36.4 Å². The number of aromatic nitrogens is 1. The predicted molar refractivity (Wildman–Crippen MR) is 107 cm³/mol. The topological polar surface area (TPSA) is 39.2 Å². The molecule has 0 aliphatic rings. The highest BCUT2D eigenvalue weighted by Crippen LogP contribution is 2.32. The molecule has 0 amide bonds. The van der Waals surface area contributed by atoms with Crippen LogP contribution in [-0.4, -0.2) is 17.1 Å². The molecule has 0 spiro atoms. The van der Waals surface area contributed by atoms with E-state index in [1.165, 1.54) is 5.56 Å². The minimum Gasteiger partial charge on any atom is -0.459 e. The van der Waals surface area contributed by atoms with Crippen molar-refractivity contribution in [3.05, 3.63) is 64.2 Å². The van der Waals surface area contributed by atoms with E-state index in [0.29, 0.717) is 5.56 Å². The van der Waals surface area contributed by atoms with Crippen LogP contribution in [0, 0.1) is 27.7 Å². The van der Waals surface area contributed by atoms with Crippen molar-refractivity contribution in [2.45, 2.75) is 47.6 Å². The van der Waals surface area contributed by atoms with E-state index in [2.05, 4.69) is 37.3 Å². The lowest BCUT2D eigenvalue weighted by Gasteiger charge is -2.17. The summed E-state index contributed by atoms with van der Waals surface area (Å²) in [4.78, 5) is 17.8. The van der Waals surface area contributed by atoms with E-state index in [1.807, 2.05) is 40.7 Å². The largest absolute Gasteiger partial charge is 0.459 e. The zero-order valence-electron chi connectivity index (χ0n) is 16.3. The van der Waals surface area contributed by atoms with E-state index in [-0.39, 0.29) is 12.1 Å². The first-order valence-electron chi connectivity index (χ1n) is 8.97. The Labute approximate surface area is 155 Å². The number of hydrogen-bond donors (Lipinski definition) is 0. The van der Waals surface area contributed by atoms with Gasteiger partial charge in [0.15, 0.2) is 0 Å². The molecule has 3 rings (SSSR count). The highest BCUT2D eigenvalue weighted by Gasteiger charge is 2.22. The van der Waals surface area contributed by atoms with Crippen LogP contribution in [0.25, 0.3) is 22.2 Å². The SMILES string of the molecule is Cc1ccc(-c2nc3c(C)cc(C)cc3c(C(=O)OC(C)C)c2C)cc1. The molecule has 0 bridgehead atoms. The first-order valence-corrected chi connectivity index (χ1v) is 8.97. The second kappa shape index (κ2) is 6.91. The molecule has 0 aliphatic heterocycles. The summed E-state index contributed by atoms with van der Waals surface area (Å²) in [7, 11) is 0. The maximum atomic E-state index is 12.9.